The van der Waals surface area contributed by atoms with Gasteiger partial charge in [0.25, 0.3) is 0 Å². The molecular formula is C17H34O3. The van der Waals surface area contributed by atoms with E-state index in [-0.39, 0.29) is 0 Å². The van der Waals surface area contributed by atoms with Gasteiger partial charge in [0.05, 0.1) is 13.2 Å². The van der Waals surface area contributed by atoms with Gasteiger partial charge in [-0.05, 0) is 24.7 Å². The van der Waals surface area contributed by atoms with Crippen molar-refractivity contribution in [3.63, 3.8) is 0 Å². The fourth-order valence-corrected chi connectivity index (χ4v) is 2.21. The predicted octanol–water partition coefficient (Wildman–Crippen LogP) is 5.57. The van der Waals surface area contributed by atoms with E-state index in [4.69, 9.17) is 9.47 Å². The van der Waals surface area contributed by atoms with Crippen LogP contribution in [0.25, 0.3) is 0 Å². The minimum atomic E-state index is -0.491. The molecule has 3 nitrogen and oxygen atoms in total. The molecule has 0 bridgehead atoms. The topological polar surface area (TPSA) is 35.5 Å². The average molecular weight is 286 g/mol. The Balaban J connectivity index is 3.80. The standard InChI is InChI=1S/C17H34O3/c1-5-9-11-15(7-3)13-19-17(18)20-14-16(8-4)12-10-6-2/h15-16H,5-14H2,1-4H3/t15-,16+. The highest BCUT2D eigenvalue weighted by atomic mass is 16.7. The maximum atomic E-state index is 11.6. The Hall–Kier alpha value is -0.730. The van der Waals surface area contributed by atoms with Crippen molar-refractivity contribution in [2.75, 3.05) is 13.2 Å². The maximum absolute atomic E-state index is 11.6. The summed E-state index contributed by atoms with van der Waals surface area (Å²) in [6, 6.07) is 0. The van der Waals surface area contributed by atoms with Crippen molar-refractivity contribution < 1.29 is 14.3 Å². The third-order valence-electron chi connectivity index (χ3n) is 3.96. The lowest BCUT2D eigenvalue weighted by molar-refractivity contribution is 0.0316. The van der Waals surface area contributed by atoms with Crippen LogP contribution in [0.5, 0.6) is 0 Å². The predicted molar refractivity (Wildman–Crippen MR) is 83.9 cm³/mol. The van der Waals surface area contributed by atoms with Gasteiger partial charge in [-0.25, -0.2) is 4.79 Å². The molecule has 0 aliphatic heterocycles. The highest BCUT2D eigenvalue weighted by molar-refractivity contribution is 5.59. The molecule has 0 aromatic heterocycles. The van der Waals surface area contributed by atoms with Crippen LogP contribution in [0.15, 0.2) is 0 Å². The number of ether oxygens (including phenoxy) is 2. The summed E-state index contributed by atoms with van der Waals surface area (Å²) >= 11 is 0. The van der Waals surface area contributed by atoms with Crippen molar-refractivity contribution in [1.29, 1.82) is 0 Å². The van der Waals surface area contributed by atoms with Crippen LogP contribution < -0.4 is 0 Å². The number of hydrogen-bond donors (Lipinski definition) is 0. The summed E-state index contributed by atoms with van der Waals surface area (Å²) in [5, 5.41) is 0. The van der Waals surface area contributed by atoms with Gasteiger partial charge in [-0.15, -0.1) is 0 Å². The van der Waals surface area contributed by atoms with Crippen LogP contribution in [0.4, 0.5) is 4.79 Å². The number of unbranched alkanes of at least 4 members (excludes halogenated alkanes) is 2. The Morgan fingerprint density at radius 1 is 0.800 bits per heavy atom. The Morgan fingerprint density at radius 2 is 1.20 bits per heavy atom. The second-order valence-electron chi connectivity index (χ2n) is 5.71. The average Bonchev–Trinajstić information content (AvgIpc) is 2.47. The summed E-state index contributed by atoms with van der Waals surface area (Å²) in [5.74, 6) is 0.953. The van der Waals surface area contributed by atoms with Crippen LogP contribution in [0.2, 0.25) is 0 Å². The molecule has 0 saturated carbocycles. The first kappa shape index (κ1) is 19.3. The van der Waals surface area contributed by atoms with Gasteiger partial charge in [0.15, 0.2) is 0 Å². The molecule has 2 atom stereocenters. The van der Waals surface area contributed by atoms with Crippen LogP contribution in [-0.2, 0) is 9.47 Å². The van der Waals surface area contributed by atoms with Gasteiger partial charge >= 0.3 is 6.16 Å². The third kappa shape index (κ3) is 10.1. The molecule has 0 rings (SSSR count). The zero-order valence-corrected chi connectivity index (χ0v) is 14.0. The van der Waals surface area contributed by atoms with E-state index in [0.717, 1.165) is 25.7 Å². The second-order valence-corrected chi connectivity index (χ2v) is 5.71. The van der Waals surface area contributed by atoms with Crippen LogP contribution in [0.3, 0.4) is 0 Å². The molecule has 0 aromatic carbocycles. The smallest absolute Gasteiger partial charge is 0.434 e. The molecule has 0 saturated heterocycles. The first-order chi connectivity index (χ1) is 9.67. The number of hydrogen-bond acceptors (Lipinski definition) is 3. The molecule has 0 radical (unpaired) electrons. The van der Waals surface area contributed by atoms with E-state index >= 15 is 0 Å². The van der Waals surface area contributed by atoms with E-state index in [9.17, 15) is 4.79 Å². The summed E-state index contributed by atoms with van der Waals surface area (Å²) in [6.07, 6.45) is 8.67. The highest BCUT2D eigenvalue weighted by Crippen LogP contribution is 2.15. The lowest BCUT2D eigenvalue weighted by Gasteiger charge is -2.17. The Bertz CT molecular complexity index is 206. The van der Waals surface area contributed by atoms with E-state index in [2.05, 4.69) is 27.7 Å². The van der Waals surface area contributed by atoms with E-state index in [0.29, 0.717) is 25.0 Å². The van der Waals surface area contributed by atoms with Crippen LogP contribution in [-0.4, -0.2) is 19.4 Å². The first-order valence-electron chi connectivity index (χ1n) is 8.47. The fraction of sp³-hybridized carbons (Fsp3) is 0.941. The molecule has 0 spiro atoms. The quantitative estimate of drug-likeness (QED) is 0.440. The highest BCUT2D eigenvalue weighted by Gasteiger charge is 2.13. The fourth-order valence-electron chi connectivity index (χ4n) is 2.21. The molecule has 0 aromatic rings. The summed E-state index contributed by atoms with van der Waals surface area (Å²) in [7, 11) is 0. The minimum absolute atomic E-state index is 0.476. The van der Waals surface area contributed by atoms with Crippen molar-refractivity contribution in [2.45, 2.75) is 79.1 Å². The molecule has 0 fully saturated rings. The zero-order chi connectivity index (χ0) is 15.2. The molecule has 0 aliphatic carbocycles. The van der Waals surface area contributed by atoms with Gasteiger partial charge in [0, 0.05) is 0 Å². The summed E-state index contributed by atoms with van der Waals surface area (Å²) in [4.78, 5) is 11.6. The molecule has 0 heterocycles. The van der Waals surface area contributed by atoms with Crippen molar-refractivity contribution >= 4 is 6.16 Å². The number of carbonyl (C=O) groups is 1. The first-order valence-corrected chi connectivity index (χ1v) is 8.47. The molecular weight excluding hydrogens is 252 g/mol. The van der Waals surface area contributed by atoms with Crippen LogP contribution >= 0.6 is 0 Å². The molecule has 0 amide bonds. The van der Waals surface area contributed by atoms with Gasteiger partial charge in [-0.2, -0.15) is 0 Å². The Kier molecular flexibility index (Phi) is 12.8. The number of rotatable bonds is 12. The molecule has 0 unspecified atom stereocenters. The van der Waals surface area contributed by atoms with E-state index < -0.39 is 6.16 Å². The molecule has 20 heavy (non-hydrogen) atoms. The largest absolute Gasteiger partial charge is 0.508 e. The van der Waals surface area contributed by atoms with E-state index in [1.54, 1.807) is 0 Å². The van der Waals surface area contributed by atoms with E-state index in [1.807, 2.05) is 0 Å². The maximum Gasteiger partial charge on any atom is 0.508 e. The monoisotopic (exact) mass is 286 g/mol. The van der Waals surface area contributed by atoms with Crippen LogP contribution in [0.1, 0.15) is 79.1 Å². The molecule has 3 heteroatoms. The lowest BCUT2D eigenvalue weighted by atomic mass is 10.0. The molecule has 120 valence electrons. The second kappa shape index (κ2) is 13.3. The molecule has 0 aliphatic rings. The van der Waals surface area contributed by atoms with Gasteiger partial charge in [0.1, 0.15) is 0 Å². The van der Waals surface area contributed by atoms with Gasteiger partial charge in [0.2, 0.25) is 0 Å². The van der Waals surface area contributed by atoms with E-state index in [1.165, 1.54) is 25.7 Å². The van der Waals surface area contributed by atoms with Crippen molar-refractivity contribution in [3.05, 3.63) is 0 Å². The Labute approximate surface area is 125 Å². The van der Waals surface area contributed by atoms with Crippen molar-refractivity contribution in [2.24, 2.45) is 11.8 Å². The third-order valence-corrected chi connectivity index (χ3v) is 3.96. The van der Waals surface area contributed by atoms with Crippen LogP contribution in [0, 0.1) is 11.8 Å². The minimum Gasteiger partial charge on any atom is -0.434 e. The van der Waals surface area contributed by atoms with Gasteiger partial charge in [-0.3, -0.25) is 0 Å². The number of carbonyl (C=O) groups excluding carboxylic acids is 1. The van der Waals surface area contributed by atoms with Crippen molar-refractivity contribution in [1.82, 2.24) is 0 Å². The summed E-state index contributed by atoms with van der Waals surface area (Å²) in [5.41, 5.74) is 0. The lowest BCUT2D eigenvalue weighted by Crippen LogP contribution is -2.18. The van der Waals surface area contributed by atoms with Crippen molar-refractivity contribution in [3.8, 4) is 0 Å². The summed E-state index contributed by atoms with van der Waals surface area (Å²) in [6.45, 7) is 9.66. The van der Waals surface area contributed by atoms with Gasteiger partial charge < -0.3 is 9.47 Å². The Morgan fingerprint density at radius 3 is 1.50 bits per heavy atom. The SMILES string of the molecule is CCCC[C@@H](CC)COC(=O)OC[C@@H](CC)CCCC. The molecule has 0 N–H and O–H groups in total. The zero-order valence-electron chi connectivity index (χ0n) is 14.0. The summed E-state index contributed by atoms with van der Waals surface area (Å²) < 4.78 is 10.5. The normalized spacial score (nSPS) is 13.8. The van der Waals surface area contributed by atoms with Gasteiger partial charge in [-0.1, -0.05) is 66.2 Å².